The van der Waals surface area contributed by atoms with Crippen molar-refractivity contribution in [2.45, 2.75) is 27.2 Å². The molecule has 0 spiro atoms. The average Bonchev–Trinajstić information content (AvgIpc) is 3.05. The molecular weight excluding hydrogens is 304 g/mol. The van der Waals surface area contributed by atoms with Crippen LogP contribution in [0.15, 0.2) is 30.6 Å². The number of carbonyl (C=O) groups is 1. The second-order valence-corrected chi connectivity index (χ2v) is 5.65. The summed E-state index contributed by atoms with van der Waals surface area (Å²) >= 11 is 0. The quantitative estimate of drug-likeness (QED) is 0.752. The number of aryl methyl sites for hydroxylation is 2. The van der Waals surface area contributed by atoms with Crippen LogP contribution >= 0.6 is 0 Å². The molecule has 7 nitrogen and oxygen atoms in total. The van der Waals surface area contributed by atoms with Gasteiger partial charge in [0.05, 0.1) is 17.9 Å². The molecule has 0 atom stereocenters. The minimum absolute atomic E-state index is 0.115. The zero-order chi connectivity index (χ0) is 17.1. The number of anilines is 2. The maximum atomic E-state index is 12.2. The monoisotopic (exact) mass is 324 g/mol. The van der Waals surface area contributed by atoms with Crippen molar-refractivity contribution in [3.63, 3.8) is 0 Å². The van der Waals surface area contributed by atoms with Gasteiger partial charge in [-0.3, -0.25) is 4.79 Å². The van der Waals surface area contributed by atoms with Gasteiger partial charge in [0, 0.05) is 5.69 Å². The highest BCUT2D eigenvalue weighted by Gasteiger charge is 2.10. The van der Waals surface area contributed by atoms with Gasteiger partial charge >= 0.3 is 0 Å². The molecule has 3 aromatic rings. The highest BCUT2D eigenvalue weighted by Crippen LogP contribution is 2.18. The summed E-state index contributed by atoms with van der Waals surface area (Å²) in [6, 6.07) is 7.75. The van der Waals surface area contributed by atoms with Crippen LogP contribution in [0.1, 0.15) is 23.7 Å². The molecule has 2 heterocycles. The summed E-state index contributed by atoms with van der Waals surface area (Å²) in [6.07, 6.45) is 2.34. The molecule has 0 aliphatic heterocycles. The summed E-state index contributed by atoms with van der Waals surface area (Å²) < 4.78 is 1.61. The van der Waals surface area contributed by atoms with Gasteiger partial charge in [0.1, 0.15) is 6.33 Å². The maximum Gasteiger partial charge on any atom is 0.243 e. The molecule has 0 saturated carbocycles. The molecule has 2 aromatic heterocycles. The van der Waals surface area contributed by atoms with Crippen molar-refractivity contribution < 1.29 is 4.79 Å². The number of amides is 1. The maximum absolute atomic E-state index is 12.2. The molecule has 0 unspecified atom stereocenters. The second-order valence-electron chi connectivity index (χ2n) is 5.65. The van der Waals surface area contributed by atoms with Crippen LogP contribution in [0.2, 0.25) is 0 Å². The summed E-state index contributed by atoms with van der Waals surface area (Å²) in [5, 5.41) is 18.3. The van der Waals surface area contributed by atoms with Gasteiger partial charge in [-0.15, -0.1) is 10.2 Å². The largest absolute Gasteiger partial charge is 0.373 e. The minimum atomic E-state index is -0.115. The first-order valence-electron chi connectivity index (χ1n) is 7.88. The predicted molar refractivity (Wildman–Crippen MR) is 93.2 cm³/mol. The fourth-order valence-electron chi connectivity index (χ4n) is 2.44. The molecule has 2 N–H and O–H groups in total. The SMILES string of the molecule is CCc1cc(NCC(=O)Nc2cccc(C)c2C)c2nncn2n1. The van der Waals surface area contributed by atoms with E-state index in [9.17, 15) is 4.79 Å². The van der Waals surface area contributed by atoms with Gasteiger partial charge in [-0.2, -0.15) is 9.61 Å². The van der Waals surface area contributed by atoms with Gasteiger partial charge in [0.25, 0.3) is 0 Å². The van der Waals surface area contributed by atoms with Crippen LogP contribution in [0.4, 0.5) is 11.4 Å². The van der Waals surface area contributed by atoms with E-state index in [1.165, 1.54) is 0 Å². The number of hydrogen-bond donors (Lipinski definition) is 2. The topological polar surface area (TPSA) is 84.2 Å². The highest BCUT2D eigenvalue weighted by molar-refractivity contribution is 5.95. The zero-order valence-electron chi connectivity index (χ0n) is 14.0. The van der Waals surface area contributed by atoms with Gasteiger partial charge in [-0.25, -0.2) is 0 Å². The Morgan fingerprint density at radius 3 is 2.88 bits per heavy atom. The Kier molecular flexibility index (Phi) is 4.41. The first-order chi connectivity index (χ1) is 11.6. The molecule has 0 radical (unpaired) electrons. The fraction of sp³-hybridized carbons (Fsp3) is 0.294. The van der Waals surface area contributed by atoms with Crippen molar-refractivity contribution in [3.8, 4) is 0 Å². The molecule has 0 aliphatic rings. The molecule has 7 heteroatoms. The first-order valence-corrected chi connectivity index (χ1v) is 7.88. The zero-order valence-corrected chi connectivity index (χ0v) is 14.0. The number of carbonyl (C=O) groups excluding carboxylic acids is 1. The molecule has 0 fully saturated rings. The van der Waals surface area contributed by atoms with Crippen LogP contribution in [-0.2, 0) is 11.2 Å². The Labute approximate surface area is 140 Å². The van der Waals surface area contributed by atoms with Gasteiger partial charge in [0.2, 0.25) is 11.6 Å². The second kappa shape index (κ2) is 6.66. The van der Waals surface area contributed by atoms with Crippen molar-refractivity contribution >= 4 is 22.9 Å². The lowest BCUT2D eigenvalue weighted by molar-refractivity contribution is -0.114. The third-order valence-corrected chi connectivity index (χ3v) is 4.00. The molecule has 124 valence electrons. The summed E-state index contributed by atoms with van der Waals surface area (Å²) in [4.78, 5) is 12.2. The van der Waals surface area contributed by atoms with Crippen LogP contribution in [0.3, 0.4) is 0 Å². The van der Waals surface area contributed by atoms with Crippen LogP contribution in [0.5, 0.6) is 0 Å². The van der Waals surface area contributed by atoms with Crippen molar-refractivity contribution in [1.29, 1.82) is 0 Å². The van der Waals surface area contributed by atoms with E-state index in [2.05, 4.69) is 25.9 Å². The lowest BCUT2D eigenvalue weighted by atomic mass is 10.1. The van der Waals surface area contributed by atoms with Crippen molar-refractivity contribution in [2.75, 3.05) is 17.2 Å². The summed E-state index contributed by atoms with van der Waals surface area (Å²) in [5.41, 5.74) is 5.30. The standard InChI is InChI=1S/C17H20N6O/c1-4-13-8-15(17-21-19-10-23(17)22-13)18-9-16(24)20-14-7-5-6-11(2)12(14)3/h5-8,10,18H,4,9H2,1-3H3,(H,20,24). The molecule has 0 saturated heterocycles. The van der Waals surface area contributed by atoms with Crippen molar-refractivity contribution in [3.05, 3.63) is 47.4 Å². The fourth-order valence-corrected chi connectivity index (χ4v) is 2.44. The van der Waals surface area contributed by atoms with Crippen LogP contribution in [-0.4, -0.2) is 32.3 Å². The number of benzene rings is 1. The number of aromatic nitrogens is 4. The molecule has 1 amide bonds. The van der Waals surface area contributed by atoms with E-state index < -0.39 is 0 Å². The van der Waals surface area contributed by atoms with Gasteiger partial charge in [0.15, 0.2) is 0 Å². The van der Waals surface area contributed by atoms with E-state index in [-0.39, 0.29) is 12.5 Å². The van der Waals surface area contributed by atoms with Crippen molar-refractivity contribution in [2.24, 2.45) is 0 Å². The molecule has 24 heavy (non-hydrogen) atoms. The molecular formula is C17H20N6O. The normalized spacial score (nSPS) is 10.8. The van der Waals surface area contributed by atoms with E-state index in [0.717, 1.165) is 34.6 Å². The molecule has 0 bridgehead atoms. The lowest BCUT2D eigenvalue weighted by Gasteiger charge is -2.12. The molecule has 3 rings (SSSR count). The lowest BCUT2D eigenvalue weighted by Crippen LogP contribution is -2.22. The number of nitrogens with one attached hydrogen (secondary N) is 2. The summed E-state index contributed by atoms with van der Waals surface area (Å²) in [7, 11) is 0. The first kappa shape index (κ1) is 15.9. The number of fused-ring (bicyclic) bond motifs is 1. The Morgan fingerprint density at radius 2 is 2.08 bits per heavy atom. The van der Waals surface area contributed by atoms with E-state index in [1.54, 1.807) is 10.8 Å². The third-order valence-electron chi connectivity index (χ3n) is 4.00. The third kappa shape index (κ3) is 3.19. The molecule has 1 aromatic carbocycles. The van der Waals surface area contributed by atoms with Gasteiger partial charge in [-0.1, -0.05) is 19.1 Å². The van der Waals surface area contributed by atoms with Crippen LogP contribution in [0.25, 0.3) is 5.65 Å². The van der Waals surface area contributed by atoms with Crippen LogP contribution < -0.4 is 10.6 Å². The van der Waals surface area contributed by atoms with Crippen molar-refractivity contribution in [1.82, 2.24) is 19.8 Å². The number of nitrogens with zero attached hydrogens (tertiary/aromatic N) is 4. The van der Waals surface area contributed by atoms with E-state index in [0.29, 0.717) is 5.65 Å². The van der Waals surface area contributed by atoms with E-state index in [1.807, 2.05) is 45.0 Å². The Morgan fingerprint density at radius 1 is 1.25 bits per heavy atom. The Balaban J connectivity index is 1.72. The number of rotatable bonds is 5. The predicted octanol–water partition coefficient (Wildman–Crippen LogP) is 2.35. The smallest absolute Gasteiger partial charge is 0.243 e. The van der Waals surface area contributed by atoms with Gasteiger partial charge < -0.3 is 10.6 Å². The summed E-state index contributed by atoms with van der Waals surface area (Å²) in [5.74, 6) is -0.115. The van der Waals surface area contributed by atoms with E-state index >= 15 is 0 Å². The average molecular weight is 324 g/mol. The van der Waals surface area contributed by atoms with E-state index in [4.69, 9.17) is 0 Å². The minimum Gasteiger partial charge on any atom is -0.373 e. The van der Waals surface area contributed by atoms with Crippen LogP contribution in [0, 0.1) is 13.8 Å². The highest BCUT2D eigenvalue weighted by atomic mass is 16.1. The summed E-state index contributed by atoms with van der Waals surface area (Å²) in [6.45, 7) is 6.18. The number of hydrogen-bond acceptors (Lipinski definition) is 5. The molecule has 0 aliphatic carbocycles. The Hall–Kier alpha value is -2.96. The van der Waals surface area contributed by atoms with Gasteiger partial charge in [-0.05, 0) is 43.5 Å². The Bertz CT molecular complexity index is 886.